The summed E-state index contributed by atoms with van der Waals surface area (Å²) in [7, 11) is 0. The molecule has 1 rings (SSSR count). The number of ketones is 1. The van der Waals surface area contributed by atoms with Crippen LogP contribution in [0.2, 0.25) is 0 Å². The molecule has 0 aliphatic heterocycles. The average molecular weight is 262 g/mol. The van der Waals surface area contributed by atoms with E-state index in [1.807, 2.05) is 33.8 Å². The molecular weight excluding hydrogens is 244 g/mol. The zero-order valence-corrected chi connectivity index (χ0v) is 11.6. The van der Waals surface area contributed by atoms with Gasteiger partial charge in [0.15, 0.2) is 5.78 Å². The second kappa shape index (κ2) is 6.18. The van der Waals surface area contributed by atoms with E-state index in [2.05, 4.69) is 0 Å². The third-order valence-electron chi connectivity index (χ3n) is 2.42. The fourth-order valence-corrected chi connectivity index (χ4v) is 1.77. The molecule has 0 atom stereocenters. The number of carboxylic acids is 1. The van der Waals surface area contributed by atoms with Gasteiger partial charge in [-0.25, -0.2) is 4.79 Å². The van der Waals surface area contributed by atoms with Crippen LogP contribution in [0.4, 0.5) is 0 Å². The predicted octanol–water partition coefficient (Wildman–Crippen LogP) is 2.91. The molecular formula is C15H18O4. The van der Waals surface area contributed by atoms with E-state index in [0.717, 1.165) is 23.3 Å². The summed E-state index contributed by atoms with van der Waals surface area (Å²) >= 11 is 0. The van der Waals surface area contributed by atoms with Gasteiger partial charge in [0.25, 0.3) is 0 Å². The van der Waals surface area contributed by atoms with Crippen LogP contribution in [-0.4, -0.2) is 23.0 Å². The van der Waals surface area contributed by atoms with E-state index in [0.29, 0.717) is 11.3 Å². The van der Waals surface area contributed by atoms with Crippen molar-refractivity contribution in [2.75, 3.05) is 0 Å². The molecule has 1 aromatic rings. The number of aliphatic carboxylic acids is 1. The van der Waals surface area contributed by atoms with E-state index in [-0.39, 0.29) is 11.9 Å². The number of allylic oxidation sites excluding steroid dienone is 1. The number of carbonyl (C=O) groups is 2. The molecule has 4 nitrogen and oxygen atoms in total. The normalized spacial score (nSPS) is 11.0. The van der Waals surface area contributed by atoms with Gasteiger partial charge in [0.1, 0.15) is 5.75 Å². The molecule has 0 unspecified atom stereocenters. The largest absolute Gasteiger partial charge is 0.490 e. The van der Waals surface area contributed by atoms with Crippen molar-refractivity contribution >= 4 is 11.8 Å². The number of rotatable bonds is 5. The van der Waals surface area contributed by atoms with Gasteiger partial charge in [-0.2, -0.15) is 0 Å². The molecule has 0 aliphatic carbocycles. The number of ether oxygens (including phenoxy) is 1. The first-order valence-electron chi connectivity index (χ1n) is 6.04. The molecule has 19 heavy (non-hydrogen) atoms. The number of carbonyl (C=O) groups excluding carboxylic acids is 1. The zero-order valence-electron chi connectivity index (χ0n) is 11.6. The van der Waals surface area contributed by atoms with E-state index in [1.165, 1.54) is 0 Å². The van der Waals surface area contributed by atoms with Gasteiger partial charge in [0.2, 0.25) is 0 Å². The molecule has 1 N–H and O–H groups in total. The van der Waals surface area contributed by atoms with Crippen LogP contribution < -0.4 is 4.74 Å². The van der Waals surface area contributed by atoms with E-state index >= 15 is 0 Å². The zero-order chi connectivity index (χ0) is 14.6. The van der Waals surface area contributed by atoms with Gasteiger partial charge in [-0.05, 0) is 51.0 Å². The topological polar surface area (TPSA) is 63.6 Å². The maximum absolute atomic E-state index is 12.0. The number of hydrogen-bond acceptors (Lipinski definition) is 3. The number of benzene rings is 1. The van der Waals surface area contributed by atoms with E-state index < -0.39 is 5.97 Å². The monoisotopic (exact) mass is 262 g/mol. The Morgan fingerprint density at radius 1 is 1.21 bits per heavy atom. The molecule has 0 spiro atoms. The number of hydrogen-bond donors (Lipinski definition) is 1. The van der Waals surface area contributed by atoms with Crippen molar-refractivity contribution in [2.24, 2.45) is 0 Å². The van der Waals surface area contributed by atoms with Crippen molar-refractivity contribution in [3.05, 3.63) is 41.0 Å². The van der Waals surface area contributed by atoms with Gasteiger partial charge in [-0.1, -0.05) is 6.07 Å². The van der Waals surface area contributed by atoms with Crippen molar-refractivity contribution in [3.63, 3.8) is 0 Å². The first-order valence-corrected chi connectivity index (χ1v) is 6.04. The summed E-state index contributed by atoms with van der Waals surface area (Å²) in [5, 5.41) is 8.56. The van der Waals surface area contributed by atoms with E-state index in [9.17, 15) is 9.59 Å². The Bertz CT molecular complexity index is 527. The quantitative estimate of drug-likeness (QED) is 0.654. The van der Waals surface area contributed by atoms with Crippen LogP contribution in [0.15, 0.2) is 24.3 Å². The lowest BCUT2D eigenvalue weighted by molar-refractivity contribution is -0.131. The van der Waals surface area contributed by atoms with Crippen LogP contribution in [0.25, 0.3) is 0 Å². The highest BCUT2D eigenvalue weighted by Gasteiger charge is 2.15. The highest BCUT2D eigenvalue weighted by molar-refractivity contribution is 6.08. The van der Waals surface area contributed by atoms with Crippen molar-refractivity contribution in [1.82, 2.24) is 0 Å². The van der Waals surface area contributed by atoms with Crippen LogP contribution in [0.5, 0.6) is 5.75 Å². The smallest absolute Gasteiger partial charge is 0.328 e. The molecule has 0 saturated heterocycles. The van der Waals surface area contributed by atoms with Gasteiger partial charge >= 0.3 is 5.97 Å². The van der Waals surface area contributed by atoms with Crippen LogP contribution in [0.1, 0.15) is 35.3 Å². The molecule has 4 heteroatoms. The summed E-state index contributed by atoms with van der Waals surface area (Å²) in [6.45, 7) is 7.49. The Labute approximate surface area is 112 Å². The molecule has 0 radical (unpaired) electrons. The van der Waals surface area contributed by atoms with Gasteiger partial charge in [-0.15, -0.1) is 0 Å². The Hall–Kier alpha value is -2.10. The molecule has 0 bridgehead atoms. The molecule has 0 heterocycles. The summed E-state index contributed by atoms with van der Waals surface area (Å²) in [5.41, 5.74) is 2.19. The van der Waals surface area contributed by atoms with Crippen molar-refractivity contribution < 1.29 is 19.4 Å². The minimum atomic E-state index is -1.15. The van der Waals surface area contributed by atoms with Crippen LogP contribution >= 0.6 is 0 Å². The lowest BCUT2D eigenvalue weighted by Crippen LogP contribution is -2.11. The Morgan fingerprint density at radius 2 is 1.84 bits per heavy atom. The fourth-order valence-electron chi connectivity index (χ4n) is 1.77. The molecule has 102 valence electrons. The maximum atomic E-state index is 12.0. The van der Waals surface area contributed by atoms with Crippen LogP contribution in [0, 0.1) is 13.8 Å². The lowest BCUT2D eigenvalue weighted by Gasteiger charge is -2.16. The standard InChI is InChI=1S/C15H18O4/c1-9(2)19-15-11(4)7-10(3)8-12(15)13(16)5-6-14(17)18/h5-9H,1-4H3,(H,17,18)/b6-5+. The minimum absolute atomic E-state index is 0.0589. The minimum Gasteiger partial charge on any atom is -0.490 e. The predicted molar refractivity (Wildman–Crippen MR) is 72.8 cm³/mol. The summed E-state index contributed by atoms with van der Waals surface area (Å²) in [6.07, 6.45) is 1.82. The lowest BCUT2D eigenvalue weighted by atomic mass is 10.0. The Balaban J connectivity index is 3.24. The summed E-state index contributed by atoms with van der Waals surface area (Å²) in [5.74, 6) is -1.01. The van der Waals surface area contributed by atoms with Gasteiger partial charge in [-0.3, -0.25) is 4.79 Å². The maximum Gasteiger partial charge on any atom is 0.328 e. The van der Waals surface area contributed by atoms with Crippen molar-refractivity contribution in [1.29, 1.82) is 0 Å². The third-order valence-corrected chi connectivity index (χ3v) is 2.42. The molecule has 0 fully saturated rings. The van der Waals surface area contributed by atoms with E-state index in [4.69, 9.17) is 9.84 Å². The third kappa shape index (κ3) is 4.25. The summed E-state index contributed by atoms with van der Waals surface area (Å²) < 4.78 is 5.66. The van der Waals surface area contributed by atoms with E-state index in [1.54, 1.807) is 6.07 Å². The Kier molecular flexibility index (Phi) is 4.87. The molecule has 0 aliphatic rings. The van der Waals surface area contributed by atoms with Crippen LogP contribution in [-0.2, 0) is 4.79 Å². The number of carboxylic acid groups (broad SMARTS) is 1. The second-order valence-corrected chi connectivity index (χ2v) is 4.66. The van der Waals surface area contributed by atoms with Crippen molar-refractivity contribution in [2.45, 2.75) is 33.8 Å². The van der Waals surface area contributed by atoms with Crippen molar-refractivity contribution in [3.8, 4) is 5.75 Å². The second-order valence-electron chi connectivity index (χ2n) is 4.66. The fraction of sp³-hybridized carbons (Fsp3) is 0.333. The molecule has 1 aromatic carbocycles. The molecule has 0 amide bonds. The highest BCUT2D eigenvalue weighted by atomic mass is 16.5. The first-order chi connectivity index (χ1) is 8.81. The summed E-state index contributed by atoms with van der Waals surface area (Å²) in [4.78, 5) is 22.5. The summed E-state index contributed by atoms with van der Waals surface area (Å²) in [6, 6.07) is 3.63. The van der Waals surface area contributed by atoms with Gasteiger partial charge < -0.3 is 9.84 Å². The van der Waals surface area contributed by atoms with Gasteiger partial charge in [0.05, 0.1) is 11.7 Å². The Morgan fingerprint density at radius 3 is 2.37 bits per heavy atom. The molecule has 0 aromatic heterocycles. The highest BCUT2D eigenvalue weighted by Crippen LogP contribution is 2.27. The van der Waals surface area contributed by atoms with Crippen LogP contribution in [0.3, 0.4) is 0 Å². The first kappa shape index (κ1) is 15.0. The SMILES string of the molecule is Cc1cc(C)c(OC(C)C)c(C(=O)/C=C/C(=O)O)c1. The number of aryl methyl sites for hydroxylation is 2. The van der Waals surface area contributed by atoms with Gasteiger partial charge in [0, 0.05) is 6.08 Å². The molecule has 0 saturated carbocycles. The average Bonchev–Trinajstić information content (AvgIpc) is 2.28.